The molecule has 1 aliphatic rings. The maximum Gasteiger partial charge on any atom is -0.0249 e. The van der Waals surface area contributed by atoms with Crippen LogP contribution >= 0.6 is 0 Å². The van der Waals surface area contributed by atoms with Gasteiger partial charge in [0.05, 0.1) is 0 Å². The Morgan fingerprint density at radius 1 is 1.33 bits per heavy atom. The van der Waals surface area contributed by atoms with E-state index in [2.05, 4.69) is 34.6 Å². The fourth-order valence-electron chi connectivity index (χ4n) is 3.16. The highest BCUT2D eigenvalue weighted by atomic mass is 14.5. The Labute approximate surface area is 77.7 Å². The smallest absolute Gasteiger partial charge is 0.0249 e. The summed E-state index contributed by atoms with van der Waals surface area (Å²) in [6.45, 7) is 12.1. The lowest BCUT2D eigenvalue weighted by Gasteiger charge is -2.39. The zero-order valence-electron chi connectivity index (χ0n) is 9.35. The van der Waals surface area contributed by atoms with Crippen molar-refractivity contribution < 1.29 is 0 Å². The van der Waals surface area contributed by atoms with Gasteiger partial charge in [0.25, 0.3) is 0 Å². The van der Waals surface area contributed by atoms with Gasteiger partial charge in [0.15, 0.2) is 0 Å². The molecule has 0 aliphatic heterocycles. The van der Waals surface area contributed by atoms with Crippen molar-refractivity contribution in [2.45, 2.75) is 53.9 Å². The molecule has 12 heavy (non-hydrogen) atoms. The third kappa shape index (κ3) is 1.30. The van der Waals surface area contributed by atoms with Crippen molar-refractivity contribution in [3.8, 4) is 0 Å². The van der Waals surface area contributed by atoms with Crippen molar-refractivity contribution in [1.29, 1.82) is 0 Å². The summed E-state index contributed by atoms with van der Waals surface area (Å²) in [6.07, 6.45) is 4.29. The van der Waals surface area contributed by atoms with Gasteiger partial charge >= 0.3 is 0 Å². The van der Waals surface area contributed by atoms with Crippen molar-refractivity contribution in [2.75, 3.05) is 0 Å². The number of hydrogen-bond acceptors (Lipinski definition) is 0. The molecule has 1 aliphatic carbocycles. The molecule has 0 aromatic carbocycles. The van der Waals surface area contributed by atoms with Crippen LogP contribution in [0.15, 0.2) is 0 Å². The first-order valence-electron chi connectivity index (χ1n) is 5.53. The fraction of sp³-hybridized carbons (Fsp3) is 1.00. The van der Waals surface area contributed by atoms with E-state index in [-0.39, 0.29) is 0 Å². The Morgan fingerprint density at radius 3 is 2.25 bits per heavy atom. The Morgan fingerprint density at radius 2 is 1.92 bits per heavy atom. The molecule has 1 fully saturated rings. The maximum absolute atomic E-state index is 2.50. The third-order valence-corrected chi connectivity index (χ3v) is 4.63. The van der Waals surface area contributed by atoms with E-state index >= 15 is 0 Å². The first-order chi connectivity index (χ1) is 5.53. The van der Waals surface area contributed by atoms with Gasteiger partial charge in [-0.15, -0.1) is 0 Å². The summed E-state index contributed by atoms with van der Waals surface area (Å²) < 4.78 is 0. The van der Waals surface area contributed by atoms with Crippen molar-refractivity contribution in [1.82, 2.24) is 0 Å². The second-order valence-corrected chi connectivity index (χ2v) is 5.10. The van der Waals surface area contributed by atoms with E-state index in [4.69, 9.17) is 0 Å². The van der Waals surface area contributed by atoms with E-state index in [1.54, 1.807) is 0 Å². The molecule has 0 heteroatoms. The van der Waals surface area contributed by atoms with E-state index < -0.39 is 0 Å². The molecular formula is C12H24. The Hall–Kier alpha value is 0. The topological polar surface area (TPSA) is 0 Å². The van der Waals surface area contributed by atoms with E-state index in [0.717, 1.165) is 17.8 Å². The molecule has 1 rings (SSSR count). The van der Waals surface area contributed by atoms with Crippen molar-refractivity contribution in [3.63, 3.8) is 0 Å². The minimum atomic E-state index is 0.620. The molecule has 0 aromatic heterocycles. The van der Waals surface area contributed by atoms with Gasteiger partial charge in [-0.3, -0.25) is 0 Å². The second-order valence-electron chi connectivity index (χ2n) is 5.10. The lowest BCUT2D eigenvalue weighted by atomic mass is 9.66. The van der Waals surface area contributed by atoms with Gasteiger partial charge in [0.2, 0.25) is 0 Å². The molecule has 0 heterocycles. The molecule has 72 valence electrons. The lowest BCUT2D eigenvalue weighted by Crippen LogP contribution is -2.32. The molecule has 0 saturated heterocycles. The van der Waals surface area contributed by atoms with Crippen LogP contribution in [0.4, 0.5) is 0 Å². The Bertz CT molecular complexity index is 148. The van der Waals surface area contributed by atoms with Crippen LogP contribution < -0.4 is 0 Å². The first-order valence-corrected chi connectivity index (χ1v) is 5.53. The van der Waals surface area contributed by atoms with E-state index in [0.29, 0.717) is 5.41 Å². The van der Waals surface area contributed by atoms with Gasteiger partial charge in [-0.1, -0.05) is 41.0 Å². The van der Waals surface area contributed by atoms with E-state index in [1.807, 2.05) is 0 Å². The summed E-state index contributed by atoms with van der Waals surface area (Å²) in [7, 11) is 0. The highest BCUT2D eigenvalue weighted by Crippen LogP contribution is 2.53. The quantitative estimate of drug-likeness (QED) is 0.582. The van der Waals surface area contributed by atoms with Crippen LogP contribution in [0.2, 0.25) is 0 Å². The summed E-state index contributed by atoms with van der Waals surface area (Å²) in [5.41, 5.74) is 0.620. The Kier molecular flexibility index (Phi) is 2.85. The Balaban J connectivity index is 2.81. The summed E-state index contributed by atoms with van der Waals surface area (Å²) in [4.78, 5) is 0. The summed E-state index contributed by atoms with van der Waals surface area (Å²) >= 11 is 0. The number of hydrogen-bond donors (Lipinski definition) is 0. The zero-order valence-corrected chi connectivity index (χ0v) is 9.35. The van der Waals surface area contributed by atoms with Gasteiger partial charge < -0.3 is 0 Å². The van der Waals surface area contributed by atoms with E-state index in [9.17, 15) is 0 Å². The van der Waals surface area contributed by atoms with Gasteiger partial charge in [-0.2, -0.15) is 0 Å². The molecule has 0 radical (unpaired) electrons. The van der Waals surface area contributed by atoms with Crippen LogP contribution in [0.25, 0.3) is 0 Å². The molecule has 1 saturated carbocycles. The third-order valence-electron chi connectivity index (χ3n) is 4.63. The highest BCUT2D eigenvalue weighted by Gasteiger charge is 2.44. The maximum atomic E-state index is 2.50. The van der Waals surface area contributed by atoms with Crippen LogP contribution in [0.1, 0.15) is 53.9 Å². The normalized spacial score (nSPS) is 42.5. The van der Waals surface area contributed by atoms with E-state index in [1.165, 1.54) is 19.3 Å². The summed E-state index contributed by atoms with van der Waals surface area (Å²) in [6, 6.07) is 0. The van der Waals surface area contributed by atoms with Gasteiger partial charge in [0, 0.05) is 0 Å². The minimum absolute atomic E-state index is 0.620. The van der Waals surface area contributed by atoms with Crippen molar-refractivity contribution in [3.05, 3.63) is 0 Å². The van der Waals surface area contributed by atoms with Crippen molar-refractivity contribution in [2.24, 2.45) is 23.2 Å². The summed E-state index contributed by atoms with van der Waals surface area (Å²) in [5, 5.41) is 0. The molecule has 0 nitrogen and oxygen atoms in total. The molecule has 3 unspecified atom stereocenters. The fourth-order valence-corrected chi connectivity index (χ4v) is 3.16. The first kappa shape index (κ1) is 10.1. The van der Waals surface area contributed by atoms with Crippen LogP contribution in [0, 0.1) is 23.2 Å². The van der Waals surface area contributed by atoms with Gasteiger partial charge in [-0.05, 0) is 36.0 Å². The average Bonchev–Trinajstić information content (AvgIpc) is 2.30. The summed E-state index contributed by atoms with van der Waals surface area (Å²) in [5.74, 6) is 2.76. The van der Waals surface area contributed by atoms with Crippen LogP contribution in [0.5, 0.6) is 0 Å². The van der Waals surface area contributed by atoms with Gasteiger partial charge in [-0.25, -0.2) is 0 Å². The highest BCUT2D eigenvalue weighted by molar-refractivity contribution is 4.94. The molecule has 3 atom stereocenters. The molecule has 0 amide bonds. The minimum Gasteiger partial charge on any atom is -0.0651 e. The molecule has 0 bridgehead atoms. The number of rotatable bonds is 2. The monoisotopic (exact) mass is 168 g/mol. The molecule has 0 N–H and O–H groups in total. The van der Waals surface area contributed by atoms with Gasteiger partial charge in [0.1, 0.15) is 0 Å². The second kappa shape index (κ2) is 3.40. The average molecular weight is 168 g/mol. The van der Waals surface area contributed by atoms with Crippen LogP contribution in [-0.2, 0) is 0 Å². The molecular weight excluding hydrogens is 144 g/mol. The zero-order chi connectivity index (χ0) is 9.35. The van der Waals surface area contributed by atoms with Crippen LogP contribution in [-0.4, -0.2) is 0 Å². The predicted octanol–water partition coefficient (Wildman–Crippen LogP) is 4.10. The lowest BCUT2D eigenvalue weighted by molar-refractivity contribution is 0.0953. The standard InChI is InChI=1S/C12H24/c1-6-11-8-7-10(4)12(11,5)9(2)3/h9-11H,6-8H2,1-5H3. The van der Waals surface area contributed by atoms with Crippen molar-refractivity contribution >= 4 is 0 Å². The predicted molar refractivity (Wildman–Crippen MR) is 55.1 cm³/mol. The molecule has 0 aromatic rings. The van der Waals surface area contributed by atoms with Crippen LogP contribution in [0.3, 0.4) is 0 Å². The molecule has 0 spiro atoms. The largest absolute Gasteiger partial charge is 0.0651 e. The SMILES string of the molecule is CCC1CCC(C)C1(C)C(C)C.